The van der Waals surface area contributed by atoms with Gasteiger partial charge in [0, 0.05) is 11.0 Å². The minimum Gasteiger partial charge on any atom is -0.497 e. The predicted molar refractivity (Wildman–Crippen MR) is 92.1 cm³/mol. The van der Waals surface area contributed by atoms with Crippen molar-refractivity contribution in [3.63, 3.8) is 0 Å². The van der Waals surface area contributed by atoms with E-state index in [1.54, 1.807) is 13.2 Å². The molecule has 0 saturated heterocycles. The number of aryl methyl sites for hydroxylation is 1. The van der Waals surface area contributed by atoms with Crippen LogP contribution in [0.3, 0.4) is 0 Å². The van der Waals surface area contributed by atoms with E-state index in [9.17, 15) is 4.79 Å². The van der Waals surface area contributed by atoms with Crippen molar-refractivity contribution in [2.45, 2.75) is 43.3 Å². The number of ether oxygens (including phenoxy) is 1. The van der Waals surface area contributed by atoms with Gasteiger partial charge in [-0.05, 0) is 44.5 Å². The number of aromatic nitrogens is 1. The Balaban J connectivity index is 2.00. The highest BCUT2D eigenvalue weighted by Crippen LogP contribution is 2.34. The van der Waals surface area contributed by atoms with Crippen molar-refractivity contribution in [2.75, 3.05) is 12.4 Å². The Morgan fingerprint density at radius 1 is 1.35 bits per heavy atom. The molecule has 1 aromatic carbocycles. The van der Waals surface area contributed by atoms with E-state index in [1.807, 2.05) is 38.1 Å². The van der Waals surface area contributed by atoms with E-state index in [4.69, 9.17) is 9.26 Å². The van der Waals surface area contributed by atoms with Crippen LogP contribution in [0.15, 0.2) is 39.8 Å². The van der Waals surface area contributed by atoms with Crippen molar-refractivity contribution >= 4 is 23.6 Å². The molecule has 2 rings (SSSR count). The molecule has 23 heavy (non-hydrogen) atoms. The zero-order chi connectivity index (χ0) is 16.9. The fraction of sp³-hybridized carbons (Fsp3) is 0.412. The Kier molecular flexibility index (Phi) is 5.71. The molecule has 0 atom stereocenters. The number of benzene rings is 1. The number of carbonyl (C=O) groups is 1. The van der Waals surface area contributed by atoms with Crippen LogP contribution < -0.4 is 10.1 Å². The van der Waals surface area contributed by atoms with Crippen LogP contribution in [-0.4, -0.2) is 22.9 Å². The number of hydrogen-bond donors (Lipinski definition) is 1. The largest absolute Gasteiger partial charge is 0.497 e. The molecule has 2 aromatic rings. The Hall–Kier alpha value is -1.95. The number of amides is 1. The third-order valence-corrected chi connectivity index (χ3v) is 4.48. The first kappa shape index (κ1) is 17.4. The van der Waals surface area contributed by atoms with E-state index in [0.717, 1.165) is 29.2 Å². The lowest BCUT2D eigenvalue weighted by Gasteiger charge is -2.22. The van der Waals surface area contributed by atoms with Crippen LogP contribution in [0.4, 0.5) is 5.88 Å². The quantitative estimate of drug-likeness (QED) is 0.771. The zero-order valence-electron chi connectivity index (χ0n) is 13.9. The Bertz CT molecular complexity index is 650. The first-order valence-electron chi connectivity index (χ1n) is 7.54. The van der Waals surface area contributed by atoms with Gasteiger partial charge in [-0.25, -0.2) is 0 Å². The number of hydrogen-bond acceptors (Lipinski definition) is 5. The Labute approximate surface area is 140 Å². The number of nitrogens with zero attached hydrogens (tertiary/aromatic N) is 1. The minimum absolute atomic E-state index is 0.127. The summed E-state index contributed by atoms with van der Waals surface area (Å²) in [4.78, 5) is 13.5. The fourth-order valence-electron chi connectivity index (χ4n) is 1.99. The Morgan fingerprint density at radius 2 is 2.04 bits per heavy atom. The maximum Gasteiger partial charge on any atom is 0.242 e. The molecule has 1 heterocycles. The second-order valence-electron chi connectivity index (χ2n) is 5.67. The van der Waals surface area contributed by atoms with Gasteiger partial charge in [-0.3, -0.25) is 10.1 Å². The van der Waals surface area contributed by atoms with Crippen LogP contribution in [0.5, 0.6) is 5.75 Å². The van der Waals surface area contributed by atoms with Gasteiger partial charge in [0.25, 0.3) is 0 Å². The number of methoxy groups -OCH3 is 1. The van der Waals surface area contributed by atoms with Gasteiger partial charge in [0.2, 0.25) is 11.8 Å². The van der Waals surface area contributed by atoms with Crippen LogP contribution in [0, 0.1) is 0 Å². The number of anilines is 1. The summed E-state index contributed by atoms with van der Waals surface area (Å²) in [6.07, 6.45) is 1.82. The molecule has 5 nitrogen and oxygen atoms in total. The van der Waals surface area contributed by atoms with Crippen molar-refractivity contribution in [1.29, 1.82) is 0 Å². The summed E-state index contributed by atoms with van der Waals surface area (Å²) >= 11 is 1.48. The van der Waals surface area contributed by atoms with Gasteiger partial charge >= 0.3 is 0 Å². The fourth-order valence-corrected chi connectivity index (χ4v) is 3.00. The van der Waals surface area contributed by atoms with Gasteiger partial charge in [-0.1, -0.05) is 18.5 Å². The van der Waals surface area contributed by atoms with Gasteiger partial charge in [-0.15, -0.1) is 11.8 Å². The third kappa shape index (κ3) is 4.76. The molecule has 0 radical (unpaired) electrons. The molecule has 0 saturated carbocycles. The molecular weight excluding hydrogens is 312 g/mol. The normalized spacial score (nSPS) is 11.3. The van der Waals surface area contributed by atoms with Crippen molar-refractivity contribution in [3.8, 4) is 5.75 Å². The average molecular weight is 334 g/mol. The lowest BCUT2D eigenvalue weighted by atomic mass is 10.2. The highest BCUT2D eigenvalue weighted by Gasteiger charge is 2.30. The van der Waals surface area contributed by atoms with Gasteiger partial charge in [0.1, 0.15) is 5.75 Å². The molecule has 0 fully saturated rings. The van der Waals surface area contributed by atoms with E-state index in [1.165, 1.54) is 11.8 Å². The molecule has 0 aliphatic heterocycles. The monoisotopic (exact) mass is 334 g/mol. The van der Waals surface area contributed by atoms with E-state index < -0.39 is 4.75 Å². The molecule has 0 aliphatic carbocycles. The Morgan fingerprint density at radius 3 is 2.65 bits per heavy atom. The highest BCUT2D eigenvalue weighted by atomic mass is 32.2. The summed E-state index contributed by atoms with van der Waals surface area (Å²) in [7, 11) is 1.63. The van der Waals surface area contributed by atoms with E-state index in [-0.39, 0.29) is 5.91 Å². The lowest BCUT2D eigenvalue weighted by molar-refractivity contribution is -0.117. The van der Waals surface area contributed by atoms with E-state index >= 15 is 0 Å². The smallest absolute Gasteiger partial charge is 0.242 e. The van der Waals surface area contributed by atoms with Crippen molar-refractivity contribution in [1.82, 2.24) is 5.16 Å². The van der Waals surface area contributed by atoms with E-state index in [2.05, 4.69) is 17.4 Å². The van der Waals surface area contributed by atoms with Crippen molar-refractivity contribution in [2.24, 2.45) is 0 Å². The number of rotatable bonds is 7. The van der Waals surface area contributed by atoms with Crippen LogP contribution in [-0.2, 0) is 11.2 Å². The molecule has 6 heteroatoms. The third-order valence-electron chi connectivity index (χ3n) is 3.28. The van der Waals surface area contributed by atoms with Crippen LogP contribution in [0.25, 0.3) is 0 Å². The number of nitrogens with one attached hydrogen (secondary N) is 1. The second kappa shape index (κ2) is 7.55. The topological polar surface area (TPSA) is 64.4 Å². The molecule has 0 aliphatic rings. The van der Waals surface area contributed by atoms with Crippen LogP contribution in [0.2, 0.25) is 0 Å². The SMILES string of the molecule is CCCc1cc(NC(=O)C(C)(C)Sc2ccc(OC)cc2)on1. The van der Waals surface area contributed by atoms with Crippen LogP contribution >= 0.6 is 11.8 Å². The summed E-state index contributed by atoms with van der Waals surface area (Å²) in [6, 6.07) is 9.40. The zero-order valence-corrected chi connectivity index (χ0v) is 14.7. The first-order chi connectivity index (χ1) is 10.9. The van der Waals surface area contributed by atoms with Gasteiger partial charge < -0.3 is 9.26 Å². The summed E-state index contributed by atoms with van der Waals surface area (Å²) in [5.74, 6) is 1.06. The van der Waals surface area contributed by atoms with Gasteiger partial charge in [0.05, 0.1) is 17.6 Å². The first-order valence-corrected chi connectivity index (χ1v) is 8.36. The van der Waals surface area contributed by atoms with Crippen molar-refractivity contribution in [3.05, 3.63) is 36.0 Å². The van der Waals surface area contributed by atoms with Gasteiger partial charge in [0.15, 0.2) is 0 Å². The second-order valence-corrected chi connectivity index (χ2v) is 7.37. The molecule has 1 amide bonds. The maximum atomic E-state index is 12.5. The minimum atomic E-state index is -0.647. The molecular formula is C17H22N2O3S. The average Bonchev–Trinajstić information content (AvgIpc) is 2.95. The highest BCUT2D eigenvalue weighted by molar-refractivity contribution is 8.01. The summed E-state index contributed by atoms with van der Waals surface area (Å²) in [5.41, 5.74) is 0.850. The van der Waals surface area contributed by atoms with Crippen LogP contribution in [0.1, 0.15) is 32.9 Å². The van der Waals surface area contributed by atoms with Crippen molar-refractivity contribution < 1.29 is 14.1 Å². The summed E-state index contributed by atoms with van der Waals surface area (Å²) in [6.45, 7) is 5.82. The van der Waals surface area contributed by atoms with Gasteiger partial charge in [-0.2, -0.15) is 0 Å². The maximum absolute atomic E-state index is 12.5. The summed E-state index contributed by atoms with van der Waals surface area (Å²) < 4.78 is 9.65. The molecule has 0 spiro atoms. The molecule has 0 unspecified atom stereocenters. The molecule has 0 bridgehead atoms. The molecule has 1 N–H and O–H groups in total. The summed E-state index contributed by atoms with van der Waals surface area (Å²) in [5, 5.41) is 6.72. The number of carbonyl (C=O) groups excluding carboxylic acids is 1. The number of thioether (sulfide) groups is 1. The standard InChI is InChI=1S/C17H22N2O3S/c1-5-6-12-11-15(22-19-12)18-16(20)17(2,3)23-14-9-7-13(21-4)8-10-14/h7-11H,5-6H2,1-4H3,(H,18,20). The lowest BCUT2D eigenvalue weighted by Crippen LogP contribution is -2.33. The molecule has 1 aromatic heterocycles. The predicted octanol–water partition coefficient (Wildman–Crippen LogP) is 4.15. The molecule has 124 valence electrons. The van der Waals surface area contributed by atoms with E-state index in [0.29, 0.717) is 5.88 Å².